The SMILES string of the molecule is CC1(C)CC1S(=O)[O-]. The predicted octanol–water partition coefficient (Wildman–Crippen LogP) is 0.664. The second-order valence-electron chi connectivity index (χ2n) is 2.94. The molecule has 3 heteroatoms. The Morgan fingerprint density at radius 2 is 2.12 bits per heavy atom. The molecule has 0 aromatic carbocycles. The highest BCUT2D eigenvalue weighted by Gasteiger charge is 2.46. The first kappa shape index (κ1) is 6.23. The molecule has 0 bridgehead atoms. The molecule has 8 heavy (non-hydrogen) atoms. The molecule has 2 nitrogen and oxygen atoms in total. The van der Waals surface area contributed by atoms with Gasteiger partial charge in [0.25, 0.3) is 0 Å². The van der Waals surface area contributed by atoms with E-state index in [-0.39, 0.29) is 10.7 Å². The lowest BCUT2D eigenvalue weighted by Crippen LogP contribution is -2.02. The molecule has 2 unspecified atom stereocenters. The highest BCUT2D eigenvalue weighted by atomic mass is 32.2. The molecule has 0 N–H and O–H groups in total. The van der Waals surface area contributed by atoms with Crippen LogP contribution in [-0.2, 0) is 11.1 Å². The van der Waals surface area contributed by atoms with Crippen molar-refractivity contribution < 1.29 is 8.76 Å². The quantitative estimate of drug-likeness (QED) is 0.493. The van der Waals surface area contributed by atoms with Crippen molar-refractivity contribution in [1.29, 1.82) is 0 Å². The minimum absolute atomic E-state index is 0.0671. The summed E-state index contributed by atoms with van der Waals surface area (Å²) in [5.74, 6) is 0. The molecule has 0 aromatic rings. The van der Waals surface area contributed by atoms with Crippen molar-refractivity contribution in [1.82, 2.24) is 0 Å². The number of rotatable bonds is 1. The summed E-state index contributed by atoms with van der Waals surface area (Å²) < 4.78 is 20.4. The van der Waals surface area contributed by atoms with Crippen LogP contribution in [0, 0.1) is 5.41 Å². The molecule has 0 spiro atoms. The first-order valence-corrected chi connectivity index (χ1v) is 3.76. The second-order valence-corrected chi connectivity index (χ2v) is 4.03. The Morgan fingerprint density at radius 3 is 2.12 bits per heavy atom. The van der Waals surface area contributed by atoms with Gasteiger partial charge in [-0.15, -0.1) is 0 Å². The normalized spacial score (nSPS) is 36.6. The Balaban J connectivity index is 2.48. The summed E-state index contributed by atoms with van der Waals surface area (Å²) in [7, 11) is 0. The fourth-order valence-corrected chi connectivity index (χ4v) is 1.83. The average molecular weight is 133 g/mol. The van der Waals surface area contributed by atoms with E-state index < -0.39 is 11.1 Å². The molecule has 0 aliphatic heterocycles. The Labute approximate surface area is 51.6 Å². The summed E-state index contributed by atoms with van der Waals surface area (Å²) in [5.41, 5.74) is 0.0760. The largest absolute Gasteiger partial charge is 0.772 e. The van der Waals surface area contributed by atoms with Gasteiger partial charge < -0.3 is 4.55 Å². The Kier molecular flexibility index (Phi) is 1.20. The number of hydrogen-bond donors (Lipinski definition) is 0. The molecule has 48 valence electrons. The summed E-state index contributed by atoms with van der Waals surface area (Å²) in [6.07, 6.45) is 0.836. The van der Waals surface area contributed by atoms with E-state index in [1.165, 1.54) is 0 Å². The maximum Gasteiger partial charge on any atom is 0.0272 e. The minimum atomic E-state index is -1.83. The predicted molar refractivity (Wildman–Crippen MR) is 31.1 cm³/mol. The van der Waals surface area contributed by atoms with Gasteiger partial charge in [-0.1, -0.05) is 24.9 Å². The Hall–Kier alpha value is 0.110. The third-order valence-corrected chi connectivity index (χ3v) is 2.92. The van der Waals surface area contributed by atoms with Crippen LogP contribution >= 0.6 is 0 Å². The number of hydrogen-bond acceptors (Lipinski definition) is 2. The lowest BCUT2D eigenvalue weighted by Gasteiger charge is -2.04. The van der Waals surface area contributed by atoms with Crippen molar-refractivity contribution in [2.75, 3.05) is 0 Å². The van der Waals surface area contributed by atoms with Crippen molar-refractivity contribution in [3.63, 3.8) is 0 Å². The van der Waals surface area contributed by atoms with Crippen LogP contribution in [0.2, 0.25) is 0 Å². The minimum Gasteiger partial charge on any atom is -0.772 e. The monoisotopic (exact) mass is 133 g/mol. The average Bonchev–Trinajstić information content (AvgIpc) is 2.13. The summed E-state index contributed by atoms with van der Waals surface area (Å²) >= 11 is -1.83. The molecular weight excluding hydrogens is 124 g/mol. The van der Waals surface area contributed by atoms with E-state index in [1.54, 1.807) is 0 Å². The van der Waals surface area contributed by atoms with Crippen LogP contribution in [-0.4, -0.2) is 14.0 Å². The van der Waals surface area contributed by atoms with E-state index >= 15 is 0 Å². The summed E-state index contributed by atoms with van der Waals surface area (Å²) in [4.78, 5) is 0. The molecule has 1 rings (SSSR count). The van der Waals surface area contributed by atoms with Crippen molar-refractivity contribution in [3.05, 3.63) is 0 Å². The molecule has 0 heterocycles. The van der Waals surface area contributed by atoms with Gasteiger partial charge in [-0.05, 0) is 11.8 Å². The van der Waals surface area contributed by atoms with Crippen molar-refractivity contribution in [3.8, 4) is 0 Å². The topological polar surface area (TPSA) is 40.1 Å². The molecule has 0 saturated heterocycles. The first-order chi connectivity index (χ1) is 3.54. The lowest BCUT2D eigenvalue weighted by atomic mass is 10.2. The zero-order valence-corrected chi connectivity index (χ0v) is 5.83. The van der Waals surface area contributed by atoms with Gasteiger partial charge >= 0.3 is 0 Å². The van der Waals surface area contributed by atoms with Crippen LogP contribution in [0.5, 0.6) is 0 Å². The third kappa shape index (κ3) is 0.928. The fourth-order valence-electron chi connectivity index (χ4n) is 0.747. The van der Waals surface area contributed by atoms with Gasteiger partial charge in [-0.3, -0.25) is 4.21 Å². The fraction of sp³-hybridized carbons (Fsp3) is 1.00. The maximum atomic E-state index is 10.2. The molecular formula is C5H9O2S-. The highest BCUT2D eigenvalue weighted by Crippen LogP contribution is 2.47. The standard InChI is InChI=1S/C5H10O2S/c1-5(2)3-4(5)8(6)7/h4H,3H2,1-2H3,(H,6,7)/p-1. The first-order valence-electron chi connectivity index (χ1n) is 2.62. The van der Waals surface area contributed by atoms with E-state index in [4.69, 9.17) is 0 Å². The molecule has 0 radical (unpaired) electrons. The van der Waals surface area contributed by atoms with E-state index in [0.717, 1.165) is 6.42 Å². The molecule has 1 aliphatic carbocycles. The van der Waals surface area contributed by atoms with Crippen molar-refractivity contribution >= 4 is 11.1 Å². The van der Waals surface area contributed by atoms with Gasteiger partial charge in [0.2, 0.25) is 0 Å². The van der Waals surface area contributed by atoms with E-state index in [9.17, 15) is 8.76 Å². The highest BCUT2D eigenvalue weighted by molar-refractivity contribution is 7.80. The van der Waals surface area contributed by atoms with Crippen LogP contribution in [0.25, 0.3) is 0 Å². The van der Waals surface area contributed by atoms with Crippen LogP contribution in [0.1, 0.15) is 20.3 Å². The summed E-state index contributed by atoms with van der Waals surface area (Å²) in [6, 6.07) is 0. The van der Waals surface area contributed by atoms with Crippen LogP contribution < -0.4 is 0 Å². The second kappa shape index (κ2) is 1.54. The van der Waals surface area contributed by atoms with Crippen LogP contribution in [0.4, 0.5) is 0 Å². The lowest BCUT2D eigenvalue weighted by molar-refractivity contribution is 0.525. The zero-order chi connectivity index (χ0) is 6.36. The van der Waals surface area contributed by atoms with Crippen LogP contribution in [0.3, 0.4) is 0 Å². The molecule has 0 aromatic heterocycles. The van der Waals surface area contributed by atoms with Crippen molar-refractivity contribution in [2.24, 2.45) is 5.41 Å². The Bertz CT molecular complexity index is 130. The van der Waals surface area contributed by atoms with Gasteiger partial charge in [-0.25, -0.2) is 0 Å². The maximum absolute atomic E-state index is 10.2. The molecule has 0 amide bonds. The third-order valence-electron chi connectivity index (χ3n) is 1.66. The zero-order valence-electron chi connectivity index (χ0n) is 5.01. The van der Waals surface area contributed by atoms with Crippen molar-refractivity contribution in [2.45, 2.75) is 25.5 Å². The van der Waals surface area contributed by atoms with E-state index in [1.807, 2.05) is 13.8 Å². The summed E-state index contributed by atoms with van der Waals surface area (Å²) in [5, 5.41) is -0.0671. The summed E-state index contributed by atoms with van der Waals surface area (Å²) in [6.45, 7) is 3.93. The van der Waals surface area contributed by atoms with Crippen LogP contribution in [0.15, 0.2) is 0 Å². The Morgan fingerprint density at radius 1 is 1.75 bits per heavy atom. The molecule has 1 saturated carbocycles. The van der Waals surface area contributed by atoms with Gasteiger partial charge in [0.1, 0.15) is 0 Å². The molecule has 1 fully saturated rings. The molecule has 2 atom stereocenters. The molecule has 1 aliphatic rings. The smallest absolute Gasteiger partial charge is 0.0272 e. The van der Waals surface area contributed by atoms with E-state index in [2.05, 4.69) is 0 Å². The van der Waals surface area contributed by atoms with Gasteiger partial charge in [0.05, 0.1) is 0 Å². The van der Waals surface area contributed by atoms with Gasteiger partial charge in [0.15, 0.2) is 0 Å². The van der Waals surface area contributed by atoms with Gasteiger partial charge in [0, 0.05) is 5.25 Å². The van der Waals surface area contributed by atoms with E-state index in [0.29, 0.717) is 0 Å². The van der Waals surface area contributed by atoms with Gasteiger partial charge in [-0.2, -0.15) is 0 Å².